The molecule has 4 nitrogen and oxygen atoms in total. The van der Waals surface area contributed by atoms with Crippen LogP contribution in [-0.4, -0.2) is 24.7 Å². The zero-order valence-corrected chi connectivity index (χ0v) is 13.1. The molecule has 2 rings (SSSR count). The molecule has 114 valence electrons. The van der Waals surface area contributed by atoms with E-state index < -0.39 is 0 Å². The molecule has 1 amide bonds. The van der Waals surface area contributed by atoms with Crippen LogP contribution in [0.25, 0.3) is 0 Å². The molecule has 0 heterocycles. The Bertz CT molecular complexity index is 498. The molecule has 21 heavy (non-hydrogen) atoms. The third-order valence-corrected chi connectivity index (χ3v) is 4.63. The molecule has 0 saturated heterocycles. The van der Waals surface area contributed by atoms with Crippen molar-refractivity contribution in [3.05, 3.63) is 24.3 Å². The predicted molar refractivity (Wildman–Crippen MR) is 84.4 cm³/mol. The van der Waals surface area contributed by atoms with Crippen molar-refractivity contribution >= 4 is 29.3 Å². The second kappa shape index (κ2) is 8.08. The van der Waals surface area contributed by atoms with E-state index in [0.717, 1.165) is 36.3 Å². The van der Waals surface area contributed by atoms with Crippen LogP contribution in [-0.2, 0) is 14.3 Å². The minimum atomic E-state index is -0.253. The monoisotopic (exact) mass is 307 g/mol. The van der Waals surface area contributed by atoms with E-state index in [9.17, 15) is 9.59 Å². The van der Waals surface area contributed by atoms with Gasteiger partial charge in [0.05, 0.1) is 12.9 Å². The number of ether oxygens (including phenoxy) is 1. The number of carbonyl (C=O) groups is 2. The van der Waals surface area contributed by atoms with Gasteiger partial charge in [-0.25, -0.2) is 0 Å². The molecule has 0 radical (unpaired) electrons. The highest BCUT2D eigenvalue weighted by Gasteiger charge is 2.21. The van der Waals surface area contributed by atoms with Gasteiger partial charge in [0.15, 0.2) is 0 Å². The van der Waals surface area contributed by atoms with Gasteiger partial charge in [0.25, 0.3) is 0 Å². The number of hydrogen-bond donors (Lipinski definition) is 1. The first kappa shape index (κ1) is 15.9. The van der Waals surface area contributed by atoms with Gasteiger partial charge < -0.3 is 10.1 Å². The van der Waals surface area contributed by atoms with Crippen LogP contribution in [0.3, 0.4) is 0 Å². The minimum absolute atomic E-state index is 0.116. The van der Waals surface area contributed by atoms with Crippen LogP contribution in [0, 0.1) is 5.92 Å². The van der Waals surface area contributed by atoms with Crippen molar-refractivity contribution in [2.75, 3.05) is 18.2 Å². The van der Waals surface area contributed by atoms with Crippen LogP contribution in [0.2, 0.25) is 0 Å². The lowest BCUT2D eigenvalue weighted by atomic mass is 9.88. The number of carbonyl (C=O) groups excluding carboxylic acids is 2. The minimum Gasteiger partial charge on any atom is -0.468 e. The Morgan fingerprint density at radius 1 is 1.29 bits per heavy atom. The first-order valence-corrected chi connectivity index (χ1v) is 8.28. The predicted octanol–water partition coefficient (Wildman–Crippen LogP) is 3.47. The van der Waals surface area contributed by atoms with Crippen molar-refractivity contribution in [2.24, 2.45) is 5.92 Å². The number of methoxy groups -OCH3 is 1. The van der Waals surface area contributed by atoms with Crippen molar-refractivity contribution in [1.29, 1.82) is 0 Å². The van der Waals surface area contributed by atoms with Crippen molar-refractivity contribution in [1.82, 2.24) is 0 Å². The van der Waals surface area contributed by atoms with Crippen LogP contribution >= 0.6 is 11.8 Å². The Kier molecular flexibility index (Phi) is 6.11. The van der Waals surface area contributed by atoms with Gasteiger partial charge in [-0.05, 0) is 31.0 Å². The molecule has 0 spiro atoms. The maximum absolute atomic E-state index is 12.2. The van der Waals surface area contributed by atoms with Gasteiger partial charge in [0.2, 0.25) is 5.91 Å². The zero-order valence-electron chi connectivity index (χ0n) is 12.3. The molecule has 1 aromatic carbocycles. The second-order valence-electron chi connectivity index (χ2n) is 5.22. The Hall–Kier alpha value is -1.49. The van der Waals surface area contributed by atoms with Crippen molar-refractivity contribution < 1.29 is 14.3 Å². The molecule has 0 unspecified atom stereocenters. The summed E-state index contributed by atoms with van der Waals surface area (Å²) < 4.78 is 4.62. The van der Waals surface area contributed by atoms with Crippen molar-refractivity contribution in [3.63, 3.8) is 0 Å². The zero-order chi connectivity index (χ0) is 15.1. The molecule has 1 N–H and O–H groups in total. The third-order valence-electron chi connectivity index (χ3n) is 3.66. The van der Waals surface area contributed by atoms with E-state index in [1.54, 1.807) is 0 Å². The standard InChI is InChI=1S/C16H21NO3S/c1-20-15(18)11-21-14-9-5-8-13(10-14)17-16(19)12-6-3-2-4-7-12/h5,8-10,12H,2-4,6-7,11H2,1H3,(H,17,19). The number of anilines is 1. The average molecular weight is 307 g/mol. The van der Waals surface area contributed by atoms with E-state index in [1.807, 2.05) is 24.3 Å². The van der Waals surface area contributed by atoms with E-state index in [-0.39, 0.29) is 23.5 Å². The van der Waals surface area contributed by atoms with Crippen LogP contribution in [0.5, 0.6) is 0 Å². The molecule has 0 bridgehead atoms. The lowest BCUT2D eigenvalue weighted by Gasteiger charge is -2.20. The summed E-state index contributed by atoms with van der Waals surface area (Å²) in [5.41, 5.74) is 0.792. The van der Waals surface area contributed by atoms with Crippen LogP contribution in [0.4, 0.5) is 5.69 Å². The number of nitrogens with one attached hydrogen (secondary N) is 1. The molecular formula is C16H21NO3S. The summed E-state index contributed by atoms with van der Waals surface area (Å²) in [6.45, 7) is 0. The van der Waals surface area contributed by atoms with Gasteiger partial charge in [0, 0.05) is 16.5 Å². The highest BCUT2D eigenvalue weighted by atomic mass is 32.2. The molecule has 0 aromatic heterocycles. The van der Waals surface area contributed by atoms with Crippen LogP contribution in [0.1, 0.15) is 32.1 Å². The fraction of sp³-hybridized carbons (Fsp3) is 0.500. The SMILES string of the molecule is COC(=O)CSc1cccc(NC(=O)C2CCCCC2)c1. The van der Waals surface area contributed by atoms with E-state index in [2.05, 4.69) is 10.1 Å². The number of hydrogen-bond acceptors (Lipinski definition) is 4. The summed E-state index contributed by atoms with van der Waals surface area (Å²) in [5.74, 6) is 0.280. The van der Waals surface area contributed by atoms with Crippen LogP contribution in [0.15, 0.2) is 29.2 Å². The van der Waals surface area contributed by atoms with Gasteiger partial charge in [-0.3, -0.25) is 9.59 Å². The van der Waals surface area contributed by atoms with Gasteiger partial charge in [0.1, 0.15) is 0 Å². The average Bonchev–Trinajstić information content (AvgIpc) is 2.53. The van der Waals surface area contributed by atoms with E-state index in [0.29, 0.717) is 0 Å². The first-order chi connectivity index (χ1) is 10.2. The van der Waals surface area contributed by atoms with Crippen LogP contribution < -0.4 is 5.32 Å². The van der Waals surface area contributed by atoms with E-state index in [4.69, 9.17) is 0 Å². The summed E-state index contributed by atoms with van der Waals surface area (Å²) in [4.78, 5) is 24.3. The summed E-state index contributed by atoms with van der Waals surface area (Å²) in [6.07, 6.45) is 5.51. The largest absolute Gasteiger partial charge is 0.468 e. The molecule has 5 heteroatoms. The lowest BCUT2D eigenvalue weighted by Crippen LogP contribution is -2.24. The molecule has 0 aliphatic heterocycles. The van der Waals surface area contributed by atoms with Crippen molar-refractivity contribution in [3.8, 4) is 0 Å². The first-order valence-electron chi connectivity index (χ1n) is 7.29. The van der Waals surface area contributed by atoms with E-state index in [1.165, 1.54) is 25.3 Å². The van der Waals surface area contributed by atoms with Gasteiger partial charge in [-0.15, -0.1) is 11.8 Å². The normalized spacial score (nSPS) is 15.5. The highest BCUT2D eigenvalue weighted by molar-refractivity contribution is 8.00. The maximum Gasteiger partial charge on any atom is 0.315 e. The summed E-state index contributed by atoms with van der Waals surface area (Å²) in [5, 5.41) is 2.99. The summed E-state index contributed by atoms with van der Waals surface area (Å²) in [6, 6.07) is 7.58. The van der Waals surface area contributed by atoms with Gasteiger partial charge >= 0.3 is 5.97 Å². The molecule has 1 aliphatic carbocycles. The number of rotatable bonds is 5. The fourth-order valence-corrected chi connectivity index (χ4v) is 3.26. The van der Waals surface area contributed by atoms with Gasteiger partial charge in [-0.1, -0.05) is 25.3 Å². The Morgan fingerprint density at radius 3 is 2.76 bits per heavy atom. The summed E-state index contributed by atoms with van der Waals surface area (Å²) >= 11 is 1.40. The third kappa shape index (κ3) is 5.08. The molecule has 0 atom stereocenters. The molecule has 1 aromatic rings. The summed E-state index contributed by atoms with van der Waals surface area (Å²) in [7, 11) is 1.38. The molecular weight excluding hydrogens is 286 g/mol. The Morgan fingerprint density at radius 2 is 2.05 bits per heavy atom. The number of thioether (sulfide) groups is 1. The number of amides is 1. The smallest absolute Gasteiger partial charge is 0.315 e. The maximum atomic E-state index is 12.2. The molecule has 1 fully saturated rings. The van der Waals surface area contributed by atoms with Crippen molar-refractivity contribution in [2.45, 2.75) is 37.0 Å². The number of esters is 1. The highest BCUT2D eigenvalue weighted by Crippen LogP contribution is 2.26. The Balaban J connectivity index is 1.90. The fourth-order valence-electron chi connectivity index (χ4n) is 2.47. The topological polar surface area (TPSA) is 55.4 Å². The quantitative estimate of drug-likeness (QED) is 0.668. The number of benzene rings is 1. The molecule has 1 aliphatic rings. The Labute approximate surface area is 129 Å². The lowest BCUT2D eigenvalue weighted by molar-refractivity contribution is -0.137. The second-order valence-corrected chi connectivity index (χ2v) is 6.27. The van der Waals surface area contributed by atoms with E-state index >= 15 is 0 Å². The van der Waals surface area contributed by atoms with Gasteiger partial charge in [-0.2, -0.15) is 0 Å². The molecule has 1 saturated carbocycles.